The average molecular weight is 609 g/mol. The smallest absolute Gasteiger partial charge is 0.346 e. The van der Waals surface area contributed by atoms with Crippen LogP contribution in [0.25, 0.3) is 0 Å². The van der Waals surface area contributed by atoms with E-state index in [1.54, 1.807) is 6.92 Å². The molecule has 43 heavy (non-hydrogen) atoms. The highest BCUT2D eigenvalue weighted by molar-refractivity contribution is 5.91. The second kappa shape index (κ2) is 14.7. The fourth-order valence-electron chi connectivity index (χ4n) is 5.45. The minimum Gasteiger partial charge on any atom is -0.491 e. The highest BCUT2D eigenvalue weighted by Crippen LogP contribution is 2.43. The van der Waals surface area contributed by atoms with Crippen molar-refractivity contribution in [3.63, 3.8) is 0 Å². The van der Waals surface area contributed by atoms with E-state index in [-0.39, 0.29) is 41.8 Å². The molecule has 0 unspecified atom stereocenters. The highest BCUT2D eigenvalue weighted by atomic mass is 19.2. The van der Waals surface area contributed by atoms with E-state index in [1.165, 1.54) is 18.2 Å². The summed E-state index contributed by atoms with van der Waals surface area (Å²) in [7, 11) is 0. The normalized spacial score (nSPS) is 16.7. The van der Waals surface area contributed by atoms with Gasteiger partial charge in [0.05, 0.1) is 18.8 Å². The molecule has 0 spiro atoms. The van der Waals surface area contributed by atoms with Gasteiger partial charge in [0.25, 0.3) is 0 Å². The molecule has 0 N–H and O–H groups in total. The van der Waals surface area contributed by atoms with Crippen molar-refractivity contribution >= 4 is 5.97 Å². The molecule has 0 heterocycles. The number of halogens is 6. The Balaban J connectivity index is 1.40. The Morgan fingerprint density at radius 2 is 1.14 bits per heavy atom. The van der Waals surface area contributed by atoms with E-state index in [4.69, 9.17) is 14.2 Å². The van der Waals surface area contributed by atoms with Crippen LogP contribution in [0, 0.1) is 34.9 Å². The number of benzene rings is 3. The van der Waals surface area contributed by atoms with E-state index < -0.39 is 58.1 Å². The number of carbonyl (C=O) groups excluding carboxylic acids is 1. The first kappa shape index (κ1) is 32.2. The maximum absolute atomic E-state index is 15.1. The Morgan fingerprint density at radius 3 is 1.72 bits per heavy atom. The summed E-state index contributed by atoms with van der Waals surface area (Å²) in [6.45, 7) is 4.07. The lowest BCUT2D eigenvalue weighted by atomic mass is 9.76. The number of esters is 1. The van der Waals surface area contributed by atoms with Gasteiger partial charge in [0.1, 0.15) is 0 Å². The summed E-state index contributed by atoms with van der Waals surface area (Å²) in [5.41, 5.74) is -0.536. The van der Waals surface area contributed by atoms with Crippen LogP contribution in [0.4, 0.5) is 26.3 Å². The number of rotatable bonds is 12. The van der Waals surface area contributed by atoms with Crippen LogP contribution in [0.3, 0.4) is 0 Å². The predicted octanol–water partition coefficient (Wildman–Crippen LogP) is 9.54. The van der Waals surface area contributed by atoms with Crippen LogP contribution in [0.5, 0.6) is 17.2 Å². The Kier molecular flexibility index (Phi) is 11.0. The molecule has 0 aliphatic heterocycles. The second-order valence-corrected chi connectivity index (χ2v) is 10.6. The molecule has 1 fully saturated rings. The van der Waals surface area contributed by atoms with Crippen LogP contribution in [-0.2, 0) is 0 Å². The third-order valence-corrected chi connectivity index (χ3v) is 7.79. The van der Waals surface area contributed by atoms with Gasteiger partial charge in [-0.25, -0.2) is 18.0 Å². The first-order valence-electron chi connectivity index (χ1n) is 14.6. The Morgan fingerprint density at radius 1 is 0.628 bits per heavy atom. The van der Waals surface area contributed by atoms with Gasteiger partial charge in [-0.3, -0.25) is 0 Å². The third kappa shape index (κ3) is 7.28. The summed E-state index contributed by atoms with van der Waals surface area (Å²) >= 11 is 0. The fourth-order valence-corrected chi connectivity index (χ4v) is 5.45. The molecule has 232 valence electrons. The number of hydrogen-bond donors (Lipinski definition) is 0. The summed E-state index contributed by atoms with van der Waals surface area (Å²) in [4.78, 5) is 12.5. The van der Waals surface area contributed by atoms with Gasteiger partial charge in [0, 0.05) is 0 Å². The molecule has 4 rings (SSSR count). The second-order valence-electron chi connectivity index (χ2n) is 10.6. The topological polar surface area (TPSA) is 44.8 Å². The molecule has 0 bridgehead atoms. The molecule has 1 aliphatic carbocycles. The molecular formula is C33H34F6O4. The summed E-state index contributed by atoms with van der Waals surface area (Å²) in [6, 6.07) is 7.25. The lowest BCUT2D eigenvalue weighted by Crippen LogP contribution is -2.16. The van der Waals surface area contributed by atoms with Crippen molar-refractivity contribution in [2.75, 3.05) is 13.2 Å². The van der Waals surface area contributed by atoms with Gasteiger partial charge in [0.2, 0.25) is 17.5 Å². The van der Waals surface area contributed by atoms with E-state index in [0.29, 0.717) is 32.1 Å². The number of hydrogen-bond acceptors (Lipinski definition) is 4. The zero-order valence-corrected chi connectivity index (χ0v) is 24.1. The lowest BCUT2D eigenvalue weighted by Gasteiger charge is -2.30. The monoisotopic (exact) mass is 608 g/mol. The summed E-state index contributed by atoms with van der Waals surface area (Å²) < 4.78 is 103. The summed E-state index contributed by atoms with van der Waals surface area (Å²) in [5.74, 6) is -11.0. The van der Waals surface area contributed by atoms with Crippen LogP contribution >= 0.6 is 0 Å². The molecule has 0 atom stereocenters. The van der Waals surface area contributed by atoms with Crippen molar-refractivity contribution < 1.29 is 45.3 Å². The fraction of sp³-hybridized carbons (Fsp3) is 0.424. The lowest BCUT2D eigenvalue weighted by molar-refractivity contribution is 0.0720. The van der Waals surface area contributed by atoms with Crippen LogP contribution in [-0.4, -0.2) is 19.2 Å². The van der Waals surface area contributed by atoms with E-state index in [2.05, 4.69) is 0 Å². The highest BCUT2D eigenvalue weighted by Gasteiger charge is 2.30. The molecule has 1 aliphatic rings. The standard InChI is InChI=1S/C33H34F6O4/c1-3-5-6-7-18-42-25-16-14-23(29(36)31(25)38)33(40)43-26-17-13-22(28(35)32(26)39)20-10-8-19(9-11-20)21-12-15-24(41-4-2)30(37)27(21)34/h12-17,19-20H,3-11,18H2,1-2H3. The van der Waals surface area contributed by atoms with Crippen molar-refractivity contribution in [3.8, 4) is 17.2 Å². The molecule has 10 heteroatoms. The quantitative estimate of drug-likeness (QED) is 0.0889. The van der Waals surface area contributed by atoms with Crippen molar-refractivity contribution in [1.29, 1.82) is 0 Å². The van der Waals surface area contributed by atoms with Gasteiger partial charge >= 0.3 is 5.97 Å². The summed E-state index contributed by atoms with van der Waals surface area (Å²) in [5, 5.41) is 0. The van der Waals surface area contributed by atoms with Gasteiger partial charge in [-0.15, -0.1) is 0 Å². The van der Waals surface area contributed by atoms with Crippen LogP contribution in [0.2, 0.25) is 0 Å². The molecule has 0 aromatic heterocycles. The minimum absolute atomic E-state index is 0.0479. The van der Waals surface area contributed by atoms with E-state index in [0.717, 1.165) is 37.5 Å². The third-order valence-electron chi connectivity index (χ3n) is 7.79. The van der Waals surface area contributed by atoms with E-state index in [1.807, 2.05) is 6.92 Å². The van der Waals surface area contributed by atoms with Crippen molar-refractivity contribution in [2.45, 2.75) is 77.0 Å². The minimum atomic E-state index is -1.52. The van der Waals surface area contributed by atoms with Crippen molar-refractivity contribution in [1.82, 2.24) is 0 Å². The Labute approximate surface area is 247 Å². The molecule has 0 saturated heterocycles. The molecule has 4 nitrogen and oxygen atoms in total. The van der Waals surface area contributed by atoms with E-state index >= 15 is 4.39 Å². The van der Waals surface area contributed by atoms with Crippen LogP contribution in [0.15, 0.2) is 36.4 Å². The molecule has 0 amide bonds. The zero-order chi connectivity index (χ0) is 31.1. The Bertz CT molecular complexity index is 1440. The van der Waals surface area contributed by atoms with Crippen LogP contribution < -0.4 is 14.2 Å². The maximum Gasteiger partial charge on any atom is 0.346 e. The molecular weight excluding hydrogens is 574 g/mol. The largest absolute Gasteiger partial charge is 0.491 e. The maximum atomic E-state index is 15.1. The first-order chi connectivity index (χ1) is 20.7. The molecule has 0 radical (unpaired) electrons. The molecule has 1 saturated carbocycles. The van der Waals surface area contributed by atoms with Gasteiger partial charge < -0.3 is 14.2 Å². The van der Waals surface area contributed by atoms with Crippen molar-refractivity contribution in [3.05, 3.63) is 88.0 Å². The van der Waals surface area contributed by atoms with E-state index in [9.17, 15) is 26.7 Å². The number of ether oxygens (including phenoxy) is 3. The predicted molar refractivity (Wildman–Crippen MR) is 149 cm³/mol. The Hall–Kier alpha value is -3.69. The molecule has 3 aromatic rings. The SMILES string of the molecule is CCCCCCOc1ccc(C(=O)Oc2ccc(C3CCC(c4ccc(OCC)c(F)c4F)CC3)c(F)c2F)c(F)c1F. The van der Waals surface area contributed by atoms with Crippen molar-refractivity contribution in [2.24, 2.45) is 0 Å². The summed E-state index contributed by atoms with van der Waals surface area (Å²) in [6.07, 6.45) is 5.11. The number of unbranched alkanes of at least 4 members (excludes halogenated alkanes) is 3. The van der Waals surface area contributed by atoms with Gasteiger partial charge in [-0.1, -0.05) is 38.3 Å². The van der Waals surface area contributed by atoms with Gasteiger partial charge in [-0.2, -0.15) is 13.2 Å². The zero-order valence-electron chi connectivity index (χ0n) is 24.1. The van der Waals surface area contributed by atoms with Gasteiger partial charge in [0.15, 0.2) is 34.7 Å². The first-order valence-corrected chi connectivity index (χ1v) is 14.6. The van der Waals surface area contributed by atoms with Crippen LogP contribution in [0.1, 0.15) is 98.5 Å². The van der Waals surface area contributed by atoms with Gasteiger partial charge in [-0.05, 0) is 86.3 Å². The average Bonchev–Trinajstić information content (AvgIpc) is 3.00. The molecule has 3 aromatic carbocycles. The number of carbonyl (C=O) groups is 1.